The number of benzene rings is 1. The van der Waals surface area contributed by atoms with E-state index in [1.165, 1.54) is 7.11 Å². The van der Waals surface area contributed by atoms with Gasteiger partial charge >= 0.3 is 5.69 Å². The van der Waals surface area contributed by atoms with Crippen LogP contribution in [0.5, 0.6) is 5.75 Å². The van der Waals surface area contributed by atoms with E-state index in [4.69, 9.17) is 4.74 Å². The number of hydrogen-bond acceptors (Lipinski definition) is 5. The average Bonchev–Trinajstić information content (AvgIpc) is 2.39. The van der Waals surface area contributed by atoms with Gasteiger partial charge in [0.1, 0.15) is 6.61 Å². The Morgan fingerprint density at radius 3 is 2.70 bits per heavy atom. The van der Waals surface area contributed by atoms with Gasteiger partial charge in [-0.25, -0.2) is 13.2 Å². The highest BCUT2D eigenvalue weighted by Gasteiger charge is 2.18. The summed E-state index contributed by atoms with van der Waals surface area (Å²) in [5.74, 6) is -0.946. The molecule has 0 saturated heterocycles. The third-order valence-electron chi connectivity index (χ3n) is 2.27. The largest absolute Gasteiger partial charge is 0.490 e. The zero-order valence-corrected chi connectivity index (χ0v) is 10.6. The molecule has 0 radical (unpaired) electrons. The fourth-order valence-electron chi connectivity index (χ4n) is 1.41. The van der Waals surface area contributed by atoms with Crippen LogP contribution in [0, 0.1) is 15.9 Å². The minimum atomic E-state index is -2.56. The summed E-state index contributed by atoms with van der Waals surface area (Å²) < 4.78 is 46.5. The van der Waals surface area contributed by atoms with E-state index in [2.05, 4.69) is 10.1 Å². The fraction of sp³-hybridized carbons (Fsp3) is 0.455. The minimum Gasteiger partial charge on any atom is -0.490 e. The Morgan fingerprint density at radius 1 is 1.45 bits per heavy atom. The number of rotatable bonds is 8. The smallest absolute Gasteiger partial charge is 0.313 e. The SMILES string of the molecule is COc1cc(NCCOCC(F)F)c(F)cc1[N+](=O)[O-]. The number of methoxy groups -OCH3 is 1. The number of ether oxygens (including phenoxy) is 2. The predicted octanol–water partition coefficient (Wildman–Crippen LogP) is 2.44. The van der Waals surface area contributed by atoms with E-state index in [0.29, 0.717) is 0 Å². The molecule has 1 aromatic carbocycles. The molecule has 0 heterocycles. The molecule has 112 valence electrons. The summed E-state index contributed by atoms with van der Waals surface area (Å²) >= 11 is 0. The highest BCUT2D eigenvalue weighted by Crippen LogP contribution is 2.32. The first-order valence-electron chi connectivity index (χ1n) is 5.57. The summed E-state index contributed by atoms with van der Waals surface area (Å²) in [6.45, 7) is -0.679. The van der Waals surface area contributed by atoms with Crippen LogP contribution < -0.4 is 10.1 Å². The Labute approximate surface area is 112 Å². The van der Waals surface area contributed by atoms with E-state index in [9.17, 15) is 23.3 Å². The molecule has 0 saturated carbocycles. The summed E-state index contributed by atoms with van der Waals surface area (Å²) in [4.78, 5) is 9.89. The standard InChI is InChI=1S/C11H13F3N2O4/c1-19-10-5-8(7(12)4-9(10)16(17)18)15-2-3-20-6-11(13)14/h4-5,11,15H,2-3,6H2,1H3. The molecular formula is C11H13F3N2O4. The van der Waals surface area contributed by atoms with Gasteiger partial charge in [-0.1, -0.05) is 0 Å². The van der Waals surface area contributed by atoms with Crippen LogP contribution in [0.25, 0.3) is 0 Å². The van der Waals surface area contributed by atoms with Crippen LogP contribution in [0.1, 0.15) is 0 Å². The second-order valence-electron chi connectivity index (χ2n) is 3.65. The first-order valence-corrected chi connectivity index (χ1v) is 5.57. The Bertz CT molecular complexity index is 471. The number of nitrogens with one attached hydrogen (secondary N) is 1. The van der Waals surface area contributed by atoms with Crippen molar-refractivity contribution in [2.24, 2.45) is 0 Å². The Morgan fingerprint density at radius 2 is 2.15 bits per heavy atom. The second kappa shape index (κ2) is 7.53. The molecule has 20 heavy (non-hydrogen) atoms. The molecule has 0 bridgehead atoms. The summed E-state index contributed by atoms with van der Waals surface area (Å²) in [7, 11) is 1.22. The highest BCUT2D eigenvalue weighted by molar-refractivity contribution is 5.59. The highest BCUT2D eigenvalue weighted by atomic mass is 19.3. The molecule has 0 spiro atoms. The van der Waals surface area contributed by atoms with E-state index in [0.717, 1.165) is 12.1 Å². The second-order valence-corrected chi connectivity index (χ2v) is 3.65. The van der Waals surface area contributed by atoms with Gasteiger partial charge < -0.3 is 14.8 Å². The quantitative estimate of drug-likeness (QED) is 0.453. The topological polar surface area (TPSA) is 73.6 Å². The summed E-state index contributed by atoms with van der Waals surface area (Å²) in [6.07, 6.45) is -2.56. The number of nitrogens with zero attached hydrogens (tertiary/aromatic N) is 1. The molecule has 9 heteroatoms. The molecular weight excluding hydrogens is 281 g/mol. The zero-order valence-electron chi connectivity index (χ0n) is 10.6. The lowest BCUT2D eigenvalue weighted by molar-refractivity contribution is -0.385. The van der Waals surface area contributed by atoms with E-state index in [1.807, 2.05) is 0 Å². The number of halogens is 3. The Balaban J connectivity index is 2.64. The number of alkyl halides is 2. The van der Waals surface area contributed by atoms with Crippen LogP contribution in [0.2, 0.25) is 0 Å². The lowest BCUT2D eigenvalue weighted by Crippen LogP contribution is -2.14. The molecule has 1 rings (SSSR count). The monoisotopic (exact) mass is 294 g/mol. The van der Waals surface area contributed by atoms with Crippen molar-refractivity contribution in [2.45, 2.75) is 6.43 Å². The molecule has 0 aliphatic carbocycles. The van der Waals surface area contributed by atoms with Crippen LogP contribution in [0.4, 0.5) is 24.5 Å². The summed E-state index contributed by atoms with van der Waals surface area (Å²) in [6, 6.07) is 1.85. The molecule has 0 aliphatic heterocycles. The van der Waals surface area contributed by atoms with Crippen LogP contribution >= 0.6 is 0 Å². The van der Waals surface area contributed by atoms with Gasteiger partial charge in [0, 0.05) is 12.6 Å². The number of hydrogen-bond donors (Lipinski definition) is 1. The number of nitro groups is 1. The minimum absolute atomic E-state index is 0.0342. The van der Waals surface area contributed by atoms with Crippen molar-refractivity contribution in [1.29, 1.82) is 0 Å². The maximum atomic E-state index is 13.6. The summed E-state index contributed by atoms with van der Waals surface area (Å²) in [5.41, 5.74) is -0.530. The molecule has 0 aromatic heterocycles. The van der Waals surface area contributed by atoms with Crippen molar-refractivity contribution < 1.29 is 27.6 Å². The fourth-order valence-corrected chi connectivity index (χ4v) is 1.41. The van der Waals surface area contributed by atoms with Gasteiger partial charge in [-0.3, -0.25) is 10.1 Å². The molecule has 0 fully saturated rings. The van der Waals surface area contributed by atoms with Crippen molar-refractivity contribution in [3.63, 3.8) is 0 Å². The van der Waals surface area contributed by atoms with Gasteiger partial charge in [0.25, 0.3) is 6.43 Å². The lowest BCUT2D eigenvalue weighted by Gasteiger charge is -2.10. The van der Waals surface area contributed by atoms with Crippen molar-refractivity contribution in [3.05, 3.63) is 28.1 Å². The van der Waals surface area contributed by atoms with Crippen molar-refractivity contribution in [3.8, 4) is 5.75 Å². The summed E-state index contributed by atoms with van der Waals surface area (Å²) in [5, 5.41) is 13.2. The average molecular weight is 294 g/mol. The molecule has 6 nitrogen and oxygen atoms in total. The Hall–Kier alpha value is -2.03. The van der Waals surface area contributed by atoms with Crippen LogP contribution in [0.15, 0.2) is 12.1 Å². The van der Waals surface area contributed by atoms with Gasteiger partial charge in [0.05, 0.1) is 30.4 Å². The third-order valence-corrected chi connectivity index (χ3v) is 2.27. The molecule has 0 aliphatic rings. The molecule has 0 atom stereocenters. The first kappa shape index (κ1) is 16.0. The van der Waals surface area contributed by atoms with Gasteiger partial charge in [0.2, 0.25) is 0 Å². The van der Waals surface area contributed by atoms with E-state index in [-0.39, 0.29) is 24.6 Å². The van der Waals surface area contributed by atoms with Crippen LogP contribution in [0.3, 0.4) is 0 Å². The molecule has 0 unspecified atom stereocenters. The molecule has 1 aromatic rings. The molecule has 1 N–H and O–H groups in total. The predicted molar refractivity (Wildman–Crippen MR) is 64.9 cm³/mol. The maximum absolute atomic E-state index is 13.6. The van der Waals surface area contributed by atoms with Crippen LogP contribution in [-0.4, -0.2) is 38.2 Å². The van der Waals surface area contributed by atoms with Crippen molar-refractivity contribution in [2.75, 3.05) is 32.2 Å². The van der Waals surface area contributed by atoms with E-state index in [1.54, 1.807) is 0 Å². The zero-order chi connectivity index (χ0) is 15.1. The van der Waals surface area contributed by atoms with Gasteiger partial charge in [0.15, 0.2) is 11.6 Å². The third kappa shape index (κ3) is 4.57. The van der Waals surface area contributed by atoms with Gasteiger partial charge in [-0.15, -0.1) is 0 Å². The van der Waals surface area contributed by atoms with E-state index < -0.39 is 29.5 Å². The normalized spacial score (nSPS) is 10.7. The van der Waals surface area contributed by atoms with Crippen LogP contribution in [-0.2, 0) is 4.74 Å². The van der Waals surface area contributed by atoms with Gasteiger partial charge in [-0.05, 0) is 0 Å². The lowest BCUT2D eigenvalue weighted by atomic mass is 10.2. The number of nitro benzene ring substituents is 1. The maximum Gasteiger partial charge on any atom is 0.313 e. The molecule has 0 amide bonds. The Kier molecular flexibility index (Phi) is 6.04. The van der Waals surface area contributed by atoms with Gasteiger partial charge in [-0.2, -0.15) is 0 Å². The number of anilines is 1. The van der Waals surface area contributed by atoms with Crippen molar-refractivity contribution in [1.82, 2.24) is 0 Å². The van der Waals surface area contributed by atoms with Crippen molar-refractivity contribution >= 4 is 11.4 Å². The first-order chi connectivity index (χ1) is 9.45. The van der Waals surface area contributed by atoms with E-state index >= 15 is 0 Å².